The van der Waals surface area contributed by atoms with Crippen LogP contribution >= 0.6 is 11.6 Å². The van der Waals surface area contributed by atoms with Crippen LogP contribution in [0.3, 0.4) is 0 Å². The molecule has 0 saturated carbocycles. The molecule has 0 bridgehead atoms. The monoisotopic (exact) mass is 423 g/mol. The fourth-order valence-electron chi connectivity index (χ4n) is 4.72. The van der Waals surface area contributed by atoms with E-state index in [1.165, 1.54) is 16.7 Å². The molecule has 0 unspecified atom stereocenters. The minimum absolute atomic E-state index is 0.631. The van der Waals surface area contributed by atoms with Crippen LogP contribution in [0, 0.1) is 0 Å². The van der Waals surface area contributed by atoms with Gasteiger partial charge < -0.3 is 0 Å². The Morgan fingerprint density at radius 2 is 1.58 bits per heavy atom. The molecule has 0 spiro atoms. The number of fused-ring (bicyclic) bond motifs is 9. The molecular formula is C23H14ClN7. The van der Waals surface area contributed by atoms with Crippen molar-refractivity contribution in [2.24, 2.45) is 0 Å². The van der Waals surface area contributed by atoms with Crippen LogP contribution in [-0.4, -0.2) is 34.2 Å². The Bertz CT molecular complexity index is 1650. The highest BCUT2D eigenvalue weighted by Gasteiger charge is 2.26. The zero-order chi connectivity index (χ0) is 20.5. The summed E-state index contributed by atoms with van der Waals surface area (Å²) in [6.45, 7) is 0. The summed E-state index contributed by atoms with van der Waals surface area (Å²) >= 11 is 6.21. The zero-order valence-corrected chi connectivity index (χ0v) is 17.0. The fourth-order valence-corrected chi connectivity index (χ4v) is 4.85. The topological polar surface area (TPSA) is 73.3 Å². The fraction of sp³-hybridized carbons (Fsp3) is 0.0870. The highest BCUT2D eigenvalue weighted by atomic mass is 35.5. The number of halogens is 1. The quantitative estimate of drug-likeness (QED) is 0.391. The Kier molecular flexibility index (Phi) is 3.32. The second kappa shape index (κ2) is 6.09. The van der Waals surface area contributed by atoms with Gasteiger partial charge in [-0.1, -0.05) is 48.0 Å². The van der Waals surface area contributed by atoms with Gasteiger partial charge in [0.2, 0.25) is 5.78 Å². The molecule has 4 heterocycles. The Hall–Kier alpha value is -3.84. The van der Waals surface area contributed by atoms with Gasteiger partial charge in [0.1, 0.15) is 12.7 Å². The molecule has 0 amide bonds. The average Bonchev–Trinajstić information content (AvgIpc) is 3.48. The lowest BCUT2D eigenvalue weighted by atomic mass is 9.84. The van der Waals surface area contributed by atoms with Crippen LogP contribution in [0.5, 0.6) is 0 Å². The predicted octanol–water partition coefficient (Wildman–Crippen LogP) is 4.41. The maximum atomic E-state index is 6.21. The van der Waals surface area contributed by atoms with Gasteiger partial charge in [0.25, 0.3) is 0 Å². The Morgan fingerprint density at radius 1 is 0.806 bits per heavy atom. The van der Waals surface area contributed by atoms with Gasteiger partial charge in [-0.2, -0.15) is 0 Å². The lowest BCUT2D eigenvalue weighted by Crippen LogP contribution is -2.10. The molecule has 7 rings (SSSR count). The van der Waals surface area contributed by atoms with Crippen molar-refractivity contribution >= 4 is 34.1 Å². The van der Waals surface area contributed by atoms with Gasteiger partial charge >= 0.3 is 0 Å². The summed E-state index contributed by atoms with van der Waals surface area (Å²) in [6.07, 6.45) is 5.22. The molecule has 1 aliphatic carbocycles. The molecule has 31 heavy (non-hydrogen) atoms. The SMILES string of the molecule is Clc1ccc(-c2c3c(nc4c2c2nncn2c2nncn42)-c2ccccc2CC3)cc1. The normalized spacial score (nSPS) is 13.1. The van der Waals surface area contributed by atoms with Crippen molar-refractivity contribution in [2.45, 2.75) is 12.8 Å². The van der Waals surface area contributed by atoms with Crippen LogP contribution in [0.15, 0.2) is 61.2 Å². The van der Waals surface area contributed by atoms with E-state index in [0.717, 1.165) is 46.3 Å². The first-order valence-electron chi connectivity index (χ1n) is 10.0. The second-order valence-corrected chi connectivity index (χ2v) is 8.14. The maximum absolute atomic E-state index is 6.21. The van der Waals surface area contributed by atoms with Gasteiger partial charge in [0.15, 0.2) is 11.3 Å². The molecule has 0 radical (unpaired) electrons. The summed E-state index contributed by atoms with van der Waals surface area (Å²) in [4.78, 5) is 5.17. The molecule has 0 atom stereocenters. The molecule has 0 N–H and O–H groups in total. The molecule has 4 aromatic heterocycles. The molecule has 148 valence electrons. The molecule has 0 aliphatic heterocycles. The maximum Gasteiger partial charge on any atom is 0.244 e. The Labute approximate surface area is 181 Å². The summed E-state index contributed by atoms with van der Waals surface area (Å²) in [5.41, 5.74) is 8.36. The van der Waals surface area contributed by atoms with Gasteiger partial charge in [-0.15, -0.1) is 20.4 Å². The molecule has 0 saturated heterocycles. The average molecular weight is 424 g/mol. The van der Waals surface area contributed by atoms with Crippen molar-refractivity contribution in [3.63, 3.8) is 0 Å². The smallest absolute Gasteiger partial charge is 0.244 e. The third kappa shape index (κ3) is 2.26. The van der Waals surface area contributed by atoms with Gasteiger partial charge in [0.05, 0.1) is 11.1 Å². The van der Waals surface area contributed by atoms with E-state index in [1.807, 2.05) is 20.9 Å². The largest absolute Gasteiger partial charge is 0.250 e. The van der Waals surface area contributed by atoms with Crippen molar-refractivity contribution < 1.29 is 0 Å². The number of nitrogens with zero attached hydrogens (tertiary/aromatic N) is 7. The van der Waals surface area contributed by atoms with E-state index in [4.69, 9.17) is 16.6 Å². The lowest BCUT2D eigenvalue weighted by molar-refractivity contribution is 0.931. The van der Waals surface area contributed by atoms with Crippen molar-refractivity contribution in [2.75, 3.05) is 0 Å². The number of rotatable bonds is 1. The molecular weight excluding hydrogens is 410 g/mol. The van der Waals surface area contributed by atoms with Gasteiger partial charge in [-0.05, 0) is 41.7 Å². The summed E-state index contributed by atoms with van der Waals surface area (Å²) in [5.74, 6) is 0.631. The first-order valence-corrected chi connectivity index (χ1v) is 10.4. The Balaban J connectivity index is 1.75. The lowest BCUT2D eigenvalue weighted by Gasteiger charge is -2.23. The second-order valence-electron chi connectivity index (χ2n) is 7.70. The van der Waals surface area contributed by atoms with Crippen LogP contribution in [0.4, 0.5) is 0 Å². The minimum Gasteiger partial charge on any atom is -0.250 e. The van der Waals surface area contributed by atoms with Gasteiger partial charge in [0, 0.05) is 16.1 Å². The highest BCUT2D eigenvalue weighted by molar-refractivity contribution is 6.30. The van der Waals surface area contributed by atoms with E-state index in [2.05, 4.69) is 56.8 Å². The molecule has 0 fully saturated rings. The van der Waals surface area contributed by atoms with Crippen molar-refractivity contribution in [3.05, 3.63) is 77.3 Å². The first-order chi connectivity index (χ1) is 15.3. The summed E-state index contributed by atoms with van der Waals surface area (Å²) < 4.78 is 3.77. The van der Waals surface area contributed by atoms with E-state index in [1.54, 1.807) is 12.7 Å². The zero-order valence-electron chi connectivity index (χ0n) is 16.2. The number of pyridine rings is 1. The summed E-state index contributed by atoms with van der Waals surface area (Å²) in [5, 5.41) is 18.6. The summed E-state index contributed by atoms with van der Waals surface area (Å²) in [6, 6.07) is 16.4. The molecule has 2 aromatic carbocycles. The number of benzene rings is 2. The van der Waals surface area contributed by atoms with Gasteiger partial charge in [-0.25, -0.2) is 13.8 Å². The van der Waals surface area contributed by atoms with Crippen LogP contribution in [0.1, 0.15) is 11.1 Å². The number of hydrogen-bond donors (Lipinski definition) is 0. The van der Waals surface area contributed by atoms with Crippen LogP contribution < -0.4 is 0 Å². The van der Waals surface area contributed by atoms with E-state index >= 15 is 0 Å². The standard InChI is InChI=1S/C23H14ClN7/c24-15-8-5-14(6-9-15)18-17-10-7-13-3-1-2-4-16(13)20(17)27-21-19(18)22-28-25-11-31(22)23-29-26-12-30(21)23/h1-6,8-9,11-12H,7,10H2. The number of aryl methyl sites for hydroxylation is 1. The van der Waals surface area contributed by atoms with Crippen LogP contribution in [-0.2, 0) is 12.8 Å². The Morgan fingerprint density at radius 3 is 2.45 bits per heavy atom. The van der Waals surface area contributed by atoms with E-state index in [9.17, 15) is 0 Å². The van der Waals surface area contributed by atoms with E-state index in [0.29, 0.717) is 10.8 Å². The van der Waals surface area contributed by atoms with E-state index in [-0.39, 0.29) is 0 Å². The van der Waals surface area contributed by atoms with Gasteiger partial charge in [-0.3, -0.25) is 0 Å². The summed E-state index contributed by atoms with van der Waals surface area (Å²) in [7, 11) is 0. The van der Waals surface area contributed by atoms with Crippen LogP contribution in [0.25, 0.3) is 44.8 Å². The molecule has 7 nitrogen and oxygen atoms in total. The predicted molar refractivity (Wildman–Crippen MR) is 118 cm³/mol. The van der Waals surface area contributed by atoms with Crippen molar-refractivity contribution in [1.29, 1.82) is 0 Å². The third-order valence-electron chi connectivity index (χ3n) is 6.07. The third-order valence-corrected chi connectivity index (χ3v) is 6.33. The van der Waals surface area contributed by atoms with Crippen molar-refractivity contribution in [3.8, 4) is 22.4 Å². The molecule has 6 aromatic rings. The molecule has 1 aliphatic rings. The number of hydrogen-bond acceptors (Lipinski definition) is 5. The number of aromatic nitrogens is 7. The highest BCUT2D eigenvalue weighted by Crippen LogP contribution is 2.42. The van der Waals surface area contributed by atoms with Crippen LogP contribution in [0.2, 0.25) is 5.02 Å². The van der Waals surface area contributed by atoms with E-state index < -0.39 is 0 Å². The van der Waals surface area contributed by atoms with Crippen molar-refractivity contribution in [1.82, 2.24) is 34.2 Å². The minimum atomic E-state index is 0.631. The molecule has 8 heteroatoms. The first kappa shape index (κ1) is 16.9.